The van der Waals surface area contributed by atoms with Gasteiger partial charge in [-0.2, -0.15) is 0 Å². The highest BCUT2D eigenvalue weighted by Crippen LogP contribution is 2.31. The molecule has 0 bridgehead atoms. The Morgan fingerprint density at radius 2 is 2.12 bits per heavy atom. The van der Waals surface area contributed by atoms with Crippen LogP contribution in [0, 0.1) is 5.41 Å². The Morgan fingerprint density at radius 3 is 2.71 bits per heavy atom. The normalized spacial score (nSPS) is 26.5. The number of nitrogens with zero attached hydrogens (tertiary/aromatic N) is 1. The third-order valence-electron chi connectivity index (χ3n) is 4.84. The van der Waals surface area contributed by atoms with Gasteiger partial charge in [-0.3, -0.25) is 9.59 Å². The minimum absolute atomic E-state index is 0.134. The van der Waals surface area contributed by atoms with Crippen LogP contribution in [0.15, 0.2) is 24.3 Å². The zero-order valence-corrected chi connectivity index (χ0v) is 13.9. The largest absolute Gasteiger partial charge is 0.491 e. The summed E-state index contributed by atoms with van der Waals surface area (Å²) in [6.07, 6.45) is 2.74. The van der Waals surface area contributed by atoms with Crippen molar-refractivity contribution in [1.82, 2.24) is 4.90 Å². The Balaban J connectivity index is 1.57. The molecule has 0 spiro atoms. The maximum atomic E-state index is 12.5. The number of benzene rings is 1. The average molecular weight is 333 g/mol. The molecule has 0 saturated carbocycles. The maximum absolute atomic E-state index is 12.5. The van der Waals surface area contributed by atoms with E-state index in [-0.39, 0.29) is 18.6 Å². The van der Waals surface area contributed by atoms with E-state index in [0.717, 1.165) is 19.4 Å². The van der Waals surface area contributed by atoms with Gasteiger partial charge in [-0.15, -0.1) is 0 Å². The van der Waals surface area contributed by atoms with E-state index in [2.05, 4.69) is 0 Å². The van der Waals surface area contributed by atoms with E-state index in [4.69, 9.17) is 9.47 Å². The van der Waals surface area contributed by atoms with E-state index < -0.39 is 11.4 Å². The number of carboxylic acid groups (broad SMARTS) is 1. The lowest BCUT2D eigenvalue weighted by Gasteiger charge is -2.20. The van der Waals surface area contributed by atoms with Crippen molar-refractivity contribution in [2.24, 2.45) is 5.41 Å². The SMILES string of the molecule is C[C@@]1(C(=O)O)CCN(C(=O)c2ccc(OC[C@H]3CCCO3)cc2)C1. The van der Waals surface area contributed by atoms with Crippen LogP contribution >= 0.6 is 0 Å². The van der Waals surface area contributed by atoms with Crippen molar-refractivity contribution < 1.29 is 24.2 Å². The van der Waals surface area contributed by atoms with E-state index in [1.54, 1.807) is 36.1 Å². The molecular weight excluding hydrogens is 310 g/mol. The summed E-state index contributed by atoms with van der Waals surface area (Å²) in [5.74, 6) is -0.278. The highest BCUT2D eigenvalue weighted by atomic mass is 16.5. The zero-order valence-electron chi connectivity index (χ0n) is 13.9. The number of carbonyl (C=O) groups is 2. The lowest BCUT2D eigenvalue weighted by atomic mass is 9.90. The average Bonchev–Trinajstić information content (AvgIpc) is 3.23. The summed E-state index contributed by atoms with van der Waals surface area (Å²) in [5.41, 5.74) is -0.297. The molecule has 2 aliphatic rings. The molecule has 0 aromatic heterocycles. The molecule has 130 valence electrons. The van der Waals surface area contributed by atoms with Gasteiger partial charge in [0.25, 0.3) is 5.91 Å². The van der Waals surface area contributed by atoms with Gasteiger partial charge < -0.3 is 19.5 Å². The van der Waals surface area contributed by atoms with Crippen molar-refractivity contribution in [1.29, 1.82) is 0 Å². The van der Waals surface area contributed by atoms with E-state index in [9.17, 15) is 14.7 Å². The van der Waals surface area contributed by atoms with Gasteiger partial charge in [-0.25, -0.2) is 0 Å². The quantitative estimate of drug-likeness (QED) is 0.894. The fourth-order valence-electron chi connectivity index (χ4n) is 3.15. The van der Waals surface area contributed by atoms with Crippen molar-refractivity contribution in [3.63, 3.8) is 0 Å². The number of carbonyl (C=O) groups excluding carboxylic acids is 1. The minimum atomic E-state index is -0.851. The van der Waals surface area contributed by atoms with Crippen LogP contribution in [0.3, 0.4) is 0 Å². The second-order valence-electron chi connectivity index (χ2n) is 6.81. The summed E-state index contributed by atoms with van der Waals surface area (Å²) in [5, 5.41) is 9.26. The predicted octanol–water partition coefficient (Wildman–Crippen LogP) is 2.18. The van der Waals surface area contributed by atoms with Crippen molar-refractivity contribution in [3.05, 3.63) is 29.8 Å². The van der Waals surface area contributed by atoms with Crippen molar-refractivity contribution in [2.45, 2.75) is 32.3 Å². The number of carboxylic acids is 1. The molecule has 3 rings (SSSR count). The first-order valence-electron chi connectivity index (χ1n) is 8.35. The Labute approximate surface area is 141 Å². The molecule has 2 aliphatic heterocycles. The molecule has 2 atom stereocenters. The van der Waals surface area contributed by atoms with Crippen LogP contribution in [-0.2, 0) is 9.53 Å². The van der Waals surface area contributed by atoms with Gasteiger partial charge in [0, 0.05) is 25.3 Å². The van der Waals surface area contributed by atoms with Gasteiger partial charge in [-0.1, -0.05) is 0 Å². The third-order valence-corrected chi connectivity index (χ3v) is 4.84. The van der Waals surface area contributed by atoms with Gasteiger partial charge in [-0.05, 0) is 50.5 Å². The van der Waals surface area contributed by atoms with Crippen LogP contribution in [0.5, 0.6) is 5.75 Å². The van der Waals surface area contributed by atoms with Gasteiger partial charge >= 0.3 is 5.97 Å². The molecule has 2 saturated heterocycles. The lowest BCUT2D eigenvalue weighted by molar-refractivity contribution is -0.147. The van der Waals surface area contributed by atoms with Crippen molar-refractivity contribution >= 4 is 11.9 Å². The second-order valence-corrected chi connectivity index (χ2v) is 6.81. The van der Waals surface area contributed by atoms with Crippen LogP contribution < -0.4 is 4.74 Å². The highest BCUT2D eigenvalue weighted by Gasteiger charge is 2.42. The van der Waals surface area contributed by atoms with Crippen molar-refractivity contribution in [3.8, 4) is 5.75 Å². The molecule has 0 unspecified atom stereocenters. The standard InChI is InChI=1S/C18H23NO5/c1-18(17(21)22)8-9-19(12-18)16(20)13-4-6-14(7-5-13)24-11-15-3-2-10-23-15/h4-7,15H,2-3,8-12H2,1H3,(H,21,22)/t15-,18-/m1/s1. The first kappa shape index (κ1) is 16.8. The first-order chi connectivity index (χ1) is 11.5. The van der Waals surface area contributed by atoms with Crippen LogP contribution in [0.1, 0.15) is 36.5 Å². The molecule has 1 N–H and O–H groups in total. The molecule has 24 heavy (non-hydrogen) atoms. The fraction of sp³-hybridized carbons (Fsp3) is 0.556. The summed E-state index contributed by atoms with van der Waals surface area (Å²) < 4.78 is 11.2. The van der Waals surface area contributed by atoms with E-state index >= 15 is 0 Å². The summed E-state index contributed by atoms with van der Waals surface area (Å²) >= 11 is 0. The summed E-state index contributed by atoms with van der Waals surface area (Å²) in [7, 11) is 0. The van der Waals surface area contributed by atoms with Gasteiger partial charge in [0.2, 0.25) is 0 Å². The first-order valence-corrected chi connectivity index (χ1v) is 8.35. The third kappa shape index (κ3) is 3.53. The zero-order chi connectivity index (χ0) is 17.2. The second kappa shape index (κ2) is 6.81. The van der Waals surface area contributed by atoms with Crippen LogP contribution in [-0.4, -0.2) is 54.3 Å². The lowest BCUT2D eigenvalue weighted by Crippen LogP contribution is -2.34. The summed E-state index contributed by atoms with van der Waals surface area (Å²) in [6.45, 7) is 3.73. The van der Waals surface area contributed by atoms with Gasteiger partial charge in [0.15, 0.2) is 0 Å². The molecule has 2 fully saturated rings. The molecule has 6 nitrogen and oxygen atoms in total. The van der Waals surface area contributed by atoms with Gasteiger partial charge in [0.1, 0.15) is 12.4 Å². The number of aliphatic carboxylic acids is 1. The van der Waals surface area contributed by atoms with Crippen LogP contribution in [0.2, 0.25) is 0 Å². The van der Waals surface area contributed by atoms with E-state index in [0.29, 0.717) is 30.9 Å². The Morgan fingerprint density at radius 1 is 1.38 bits per heavy atom. The molecule has 6 heteroatoms. The Bertz CT molecular complexity index is 608. The molecule has 1 aromatic rings. The van der Waals surface area contributed by atoms with Crippen LogP contribution in [0.4, 0.5) is 0 Å². The monoisotopic (exact) mass is 333 g/mol. The molecule has 0 radical (unpaired) electrons. The van der Waals surface area contributed by atoms with Gasteiger partial charge in [0.05, 0.1) is 11.5 Å². The number of amides is 1. The van der Waals surface area contributed by atoms with Crippen LogP contribution in [0.25, 0.3) is 0 Å². The number of likely N-dealkylation sites (tertiary alicyclic amines) is 1. The summed E-state index contributed by atoms with van der Waals surface area (Å²) in [6, 6.07) is 7.00. The maximum Gasteiger partial charge on any atom is 0.311 e. The highest BCUT2D eigenvalue weighted by molar-refractivity contribution is 5.95. The Hall–Kier alpha value is -2.08. The topological polar surface area (TPSA) is 76.1 Å². The van der Waals surface area contributed by atoms with E-state index in [1.807, 2.05) is 0 Å². The van der Waals surface area contributed by atoms with Crippen molar-refractivity contribution in [2.75, 3.05) is 26.3 Å². The minimum Gasteiger partial charge on any atom is -0.491 e. The summed E-state index contributed by atoms with van der Waals surface area (Å²) in [4.78, 5) is 25.4. The molecule has 2 heterocycles. The molecular formula is C18H23NO5. The number of hydrogen-bond acceptors (Lipinski definition) is 4. The predicted molar refractivity (Wildman–Crippen MR) is 87.2 cm³/mol. The van der Waals surface area contributed by atoms with E-state index in [1.165, 1.54) is 0 Å². The number of ether oxygens (including phenoxy) is 2. The smallest absolute Gasteiger partial charge is 0.311 e. The molecule has 0 aliphatic carbocycles. The molecule has 1 amide bonds. The number of hydrogen-bond donors (Lipinski definition) is 1. The molecule has 1 aromatic carbocycles. The fourth-order valence-corrected chi connectivity index (χ4v) is 3.15. The number of rotatable bonds is 5. The Kier molecular flexibility index (Phi) is 4.76.